The van der Waals surface area contributed by atoms with Gasteiger partial charge >= 0.3 is 0 Å². The van der Waals surface area contributed by atoms with E-state index in [4.69, 9.17) is 0 Å². The van der Waals surface area contributed by atoms with Crippen molar-refractivity contribution in [3.8, 4) is 0 Å². The number of nitrogens with one attached hydrogen (secondary N) is 1. The van der Waals surface area contributed by atoms with Crippen molar-refractivity contribution >= 4 is 11.7 Å². The highest BCUT2D eigenvalue weighted by Crippen LogP contribution is 2.11. The molecule has 0 aliphatic rings. The first-order chi connectivity index (χ1) is 12.1. The molecule has 2 rings (SSSR count). The fourth-order valence-electron chi connectivity index (χ4n) is 2.56. The quantitative estimate of drug-likeness (QED) is 0.759. The zero-order valence-corrected chi connectivity index (χ0v) is 14.8. The predicted molar refractivity (Wildman–Crippen MR) is 97.3 cm³/mol. The Kier molecular flexibility index (Phi) is 7.32. The second kappa shape index (κ2) is 9.71. The summed E-state index contributed by atoms with van der Waals surface area (Å²) < 4.78 is 12.9. The molecule has 0 spiro atoms. The number of benzene rings is 1. The molecule has 0 bridgehead atoms. The smallest absolute Gasteiger partial charge is 0.271 e. The minimum Gasteiger partial charge on any atom is -0.355 e. The number of aromatic nitrogens is 2. The summed E-state index contributed by atoms with van der Waals surface area (Å²) in [5, 5.41) is 11.0. The molecule has 2 aromatic rings. The zero-order chi connectivity index (χ0) is 18.1. The first-order valence-corrected chi connectivity index (χ1v) is 8.75. The first-order valence-electron chi connectivity index (χ1n) is 8.75. The van der Waals surface area contributed by atoms with Crippen LogP contribution in [0.3, 0.4) is 0 Å². The molecule has 0 fully saturated rings. The molecule has 6 heteroatoms. The SMILES string of the molecule is CCCN(CCC)c1ccc(C(=O)NCCc2ccc(F)cc2)nn1. The number of amides is 1. The van der Waals surface area contributed by atoms with Crippen LogP contribution >= 0.6 is 0 Å². The molecule has 25 heavy (non-hydrogen) atoms. The van der Waals surface area contributed by atoms with E-state index < -0.39 is 0 Å². The van der Waals surface area contributed by atoms with Crippen molar-refractivity contribution in [1.29, 1.82) is 0 Å². The molecular weight excluding hydrogens is 319 g/mol. The van der Waals surface area contributed by atoms with Crippen molar-refractivity contribution in [2.75, 3.05) is 24.5 Å². The summed E-state index contributed by atoms with van der Waals surface area (Å²) in [5.41, 5.74) is 1.27. The predicted octanol–water partition coefficient (Wildman–Crippen LogP) is 3.21. The van der Waals surface area contributed by atoms with Crippen LogP contribution in [0, 0.1) is 5.82 Å². The van der Waals surface area contributed by atoms with E-state index in [9.17, 15) is 9.18 Å². The van der Waals surface area contributed by atoms with Gasteiger partial charge in [-0.2, -0.15) is 0 Å². The second-order valence-corrected chi connectivity index (χ2v) is 5.90. The highest BCUT2D eigenvalue weighted by atomic mass is 19.1. The van der Waals surface area contributed by atoms with Crippen molar-refractivity contribution in [1.82, 2.24) is 15.5 Å². The molecule has 0 saturated heterocycles. The Labute approximate surface area is 148 Å². The van der Waals surface area contributed by atoms with Gasteiger partial charge in [0.25, 0.3) is 5.91 Å². The van der Waals surface area contributed by atoms with Crippen LogP contribution in [0.15, 0.2) is 36.4 Å². The maximum Gasteiger partial charge on any atom is 0.271 e. The van der Waals surface area contributed by atoms with E-state index in [1.165, 1.54) is 12.1 Å². The summed E-state index contributed by atoms with van der Waals surface area (Å²) >= 11 is 0. The monoisotopic (exact) mass is 344 g/mol. The zero-order valence-electron chi connectivity index (χ0n) is 14.8. The number of rotatable bonds is 9. The van der Waals surface area contributed by atoms with Crippen LogP contribution in [0.1, 0.15) is 42.7 Å². The van der Waals surface area contributed by atoms with E-state index in [1.807, 2.05) is 6.07 Å². The van der Waals surface area contributed by atoms with Crippen LogP contribution in [-0.4, -0.2) is 35.7 Å². The summed E-state index contributed by atoms with van der Waals surface area (Å²) in [7, 11) is 0. The lowest BCUT2D eigenvalue weighted by Gasteiger charge is -2.21. The molecule has 0 aliphatic heterocycles. The van der Waals surface area contributed by atoms with Crippen LogP contribution in [0.25, 0.3) is 0 Å². The van der Waals surface area contributed by atoms with E-state index in [-0.39, 0.29) is 11.7 Å². The Morgan fingerprint density at radius 3 is 2.28 bits per heavy atom. The minimum atomic E-state index is -0.261. The number of carbonyl (C=O) groups excluding carboxylic acids is 1. The van der Waals surface area contributed by atoms with Crippen molar-refractivity contribution in [3.63, 3.8) is 0 Å². The van der Waals surface area contributed by atoms with E-state index in [0.717, 1.165) is 37.3 Å². The molecule has 5 nitrogen and oxygen atoms in total. The van der Waals surface area contributed by atoms with Crippen molar-refractivity contribution in [2.24, 2.45) is 0 Å². The summed E-state index contributed by atoms with van der Waals surface area (Å²) in [6.45, 7) is 6.56. The van der Waals surface area contributed by atoms with Crippen LogP contribution in [0.4, 0.5) is 10.2 Å². The Bertz CT molecular complexity index is 652. The molecule has 1 aromatic heterocycles. The Balaban J connectivity index is 1.87. The van der Waals surface area contributed by atoms with Crippen LogP contribution in [0.5, 0.6) is 0 Å². The topological polar surface area (TPSA) is 58.1 Å². The summed E-state index contributed by atoms with van der Waals surface area (Å²) in [6, 6.07) is 9.80. The fraction of sp³-hybridized carbons (Fsp3) is 0.421. The lowest BCUT2D eigenvalue weighted by molar-refractivity contribution is 0.0948. The third kappa shape index (κ3) is 5.81. The maximum atomic E-state index is 12.9. The molecule has 0 aliphatic carbocycles. The summed E-state index contributed by atoms with van der Waals surface area (Å²) in [5.74, 6) is 0.286. The van der Waals surface area contributed by atoms with E-state index in [0.29, 0.717) is 18.7 Å². The number of nitrogens with zero attached hydrogens (tertiary/aromatic N) is 3. The Morgan fingerprint density at radius 1 is 1.04 bits per heavy atom. The minimum absolute atomic E-state index is 0.251. The van der Waals surface area contributed by atoms with Crippen molar-refractivity contribution in [3.05, 3.63) is 53.5 Å². The largest absolute Gasteiger partial charge is 0.355 e. The molecule has 134 valence electrons. The van der Waals surface area contributed by atoms with Gasteiger partial charge in [-0.15, -0.1) is 10.2 Å². The standard InChI is InChI=1S/C19H25FN4O/c1-3-13-24(14-4-2)18-10-9-17(22-23-18)19(25)21-12-11-15-5-7-16(20)8-6-15/h5-10H,3-4,11-14H2,1-2H3,(H,21,25). The fourth-order valence-corrected chi connectivity index (χ4v) is 2.56. The van der Waals surface area contributed by atoms with Crippen LogP contribution < -0.4 is 10.2 Å². The number of anilines is 1. The number of halogens is 1. The Morgan fingerprint density at radius 2 is 1.72 bits per heavy atom. The third-order valence-electron chi connectivity index (χ3n) is 3.81. The van der Waals surface area contributed by atoms with Gasteiger partial charge in [0.2, 0.25) is 0 Å². The molecule has 1 N–H and O–H groups in total. The molecular formula is C19H25FN4O. The molecule has 0 unspecified atom stereocenters. The maximum absolute atomic E-state index is 12.9. The van der Waals surface area contributed by atoms with Gasteiger partial charge in [0.15, 0.2) is 11.5 Å². The molecule has 0 radical (unpaired) electrons. The van der Waals surface area contributed by atoms with Gasteiger partial charge in [0.05, 0.1) is 0 Å². The summed E-state index contributed by atoms with van der Waals surface area (Å²) in [4.78, 5) is 14.3. The highest BCUT2D eigenvalue weighted by molar-refractivity contribution is 5.92. The molecule has 0 atom stereocenters. The van der Waals surface area contributed by atoms with Gasteiger partial charge in [0.1, 0.15) is 5.82 Å². The number of hydrogen-bond donors (Lipinski definition) is 1. The van der Waals surface area contributed by atoms with Crippen molar-refractivity contribution < 1.29 is 9.18 Å². The molecule has 1 aromatic carbocycles. The lowest BCUT2D eigenvalue weighted by Crippen LogP contribution is -2.28. The van der Waals surface area contributed by atoms with Gasteiger partial charge in [-0.25, -0.2) is 4.39 Å². The van der Waals surface area contributed by atoms with Gasteiger partial charge in [0, 0.05) is 19.6 Å². The van der Waals surface area contributed by atoms with Gasteiger partial charge < -0.3 is 10.2 Å². The normalized spacial score (nSPS) is 10.5. The molecule has 1 heterocycles. The summed E-state index contributed by atoms with van der Waals surface area (Å²) in [6.07, 6.45) is 2.71. The van der Waals surface area contributed by atoms with E-state index in [2.05, 4.69) is 34.3 Å². The average Bonchev–Trinajstić information content (AvgIpc) is 2.63. The van der Waals surface area contributed by atoms with Crippen LogP contribution in [-0.2, 0) is 6.42 Å². The Hall–Kier alpha value is -2.50. The molecule has 1 amide bonds. The average molecular weight is 344 g/mol. The van der Waals surface area contributed by atoms with Crippen molar-refractivity contribution in [2.45, 2.75) is 33.1 Å². The number of hydrogen-bond acceptors (Lipinski definition) is 4. The third-order valence-corrected chi connectivity index (χ3v) is 3.81. The van der Waals surface area contributed by atoms with Gasteiger partial charge in [-0.1, -0.05) is 26.0 Å². The van der Waals surface area contributed by atoms with Gasteiger partial charge in [-0.3, -0.25) is 4.79 Å². The molecule has 0 saturated carbocycles. The highest BCUT2D eigenvalue weighted by Gasteiger charge is 2.11. The second-order valence-electron chi connectivity index (χ2n) is 5.90. The van der Waals surface area contributed by atoms with E-state index in [1.54, 1.807) is 18.2 Å². The van der Waals surface area contributed by atoms with E-state index >= 15 is 0 Å². The van der Waals surface area contributed by atoms with Gasteiger partial charge in [-0.05, 0) is 49.1 Å². The lowest BCUT2D eigenvalue weighted by atomic mass is 10.1. The first kappa shape index (κ1) is 18.8. The van der Waals surface area contributed by atoms with Crippen LogP contribution in [0.2, 0.25) is 0 Å². The number of carbonyl (C=O) groups is 1.